The fraction of sp³-hybridized carbons (Fsp3) is 0.364. The van der Waals surface area contributed by atoms with E-state index < -0.39 is 0 Å². The second-order valence-corrected chi connectivity index (χ2v) is 2.87. The van der Waals surface area contributed by atoms with Crippen molar-refractivity contribution in [1.82, 2.24) is 0 Å². The van der Waals surface area contributed by atoms with Crippen molar-refractivity contribution < 1.29 is 19.0 Å². The topological polar surface area (TPSA) is 57.1 Å². The van der Waals surface area contributed by atoms with Gasteiger partial charge in [0.2, 0.25) is 6.08 Å². The van der Waals surface area contributed by atoms with E-state index in [2.05, 4.69) is 4.99 Å². The van der Waals surface area contributed by atoms with Gasteiger partial charge in [-0.3, -0.25) is 0 Å². The molecule has 16 heavy (non-hydrogen) atoms. The second kappa shape index (κ2) is 6.48. The van der Waals surface area contributed by atoms with Crippen LogP contribution in [0.1, 0.15) is 0 Å². The lowest BCUT2D eigenvalue weighted by Gasteiger charge is -2.09. The number of isocyanates is 1. The molecule has 0 heterocycles. The zero-order valence-corrected chi connectivity index (χ0v) is 9.23. The number of hydrogen-bond acceptors (Lipinski definition) is 5. The summed E-state index contributed by atoms with van der Waals surface area (Å²) in [6, 6.07) is 5.21. The highest BCUT2D eigenvalue weighted by atomic mass is 16.5. The van der Waals surface area contributed by atoms with Crippen LogP contribution in [0, 0.1) is 0 Å². The van der Waals surface area contributed by atoms with Crippen LogP contribution in [0.15, 0.2) is 23.2 Å². The van der Waals surface area contributed by atoms with Gasteiger partial charge in [0, 0.05) is 18.2 Å². The Labute approximate surface area is 93.7 Å². The van der Waals surface area contributed by atoms with E-state index in [1.54, 1.807) is 32.4 Å². The number of aliphatic imine (C=N–C) groups is 1. The number of rotatable bonds is 6. The van der Waals surface area contributed by atoms with Crippen molar-refractivity contribution in [3.63, 3.8) is 0 Å². The lowest BCUT2D eigenvalue weighted by Crippen LogP contribution is -2.01. The molecule has 0 spiro atoms. The lowest BCUT2D eigenvalue weighted by atomic mass is 10.3. The fourth-order valence-corrected chi connectivity index (χ4v) is 1.12. The Morgan fingerprint density at radius 3 is 2.19 bits per heavy atom. The van der Waals surface area contributed by atoms with Gasteiger partial charge >= 0.3 is 0 Å². The minimum atomic E-state index is 0.281. The maximum absolute atomic E-state index is 9.83. The molecular formula is C11H13NO4. The second-order valence-electron chi connectivity index (χ2n) is 2.87. The van der Waals surface area contributed by atoms with Crippen molar-refractivity contribution in [2.45, 2.75) is 0 Å². The summed E-state index contributed by atoms with van der Waals surface area (Å²) in [5.41, 5.74) is 0. The highest BCUT2D eigenvalue weighted by Gasteiger charge is 2.02. The van der Waals surface area contributed by atoms with Crippen LogP contribution < -0.4 is 14.2 Å². The normalized spacial score (nSPS) is 9.12. The number of carbonyl (C=O) groups excluding carboxylic acids is 1. The van der Waals surface area contributed by atoms with E-state index in [-0.39, 0.29) is 6.54 Å². The van der Waals surface area contributed by atoms with Crippen molar-refractivity contribution in [1.29, 1.82) is 0 Å². The molecule has 0 aliphatic heterocycles. The summed E-state index contributed by atoms with van der Waals surface area (Å²) in [4.78, 5) is 13.2. The van der Waals surface area contributed by atoms with Gasteiger partial charge in [0.05, 0.1) is 20.8 Å². The maximum Gasteiger partial charge on any atom is 0.235 e. The van der Waals surface area contributed by atoms with Crippen LogP contribution in [0.4, 0.5) is 0 Å². The molecule has 0 aliphatic carbocycles. The van der Waals surface area contributed by atoms with Gasteiger partial charge in [-0.15, -0.1) is 0 Å². The van der Waals surface area contributed by atoms with E-state index in [4.69, 9.17) is 14.2 Å². The van der Waals surface area contributed by atoms with E-state index >= 15 is 0 Å². The minimum Gasteiger partial charge on any atom is -0.496 e. The van der Waals surface area contributed by atoms with Gasteiger partial charge in [-0.25, -0.2) is 9.79 Å². The summed E-state index contributed by atoms with van der Waals surface area (Å²) >= 11 is 0. The Morgan fingerprint density at radius 2 is 1.69 bits per heavy atom. The van der Waals surface area contributed by atoms with Crippen molar-refractivity contribution >= 4 is 6.08 Å². The van der Waals surface area contributed by atoms with E-state index in [1.807, 2.05) is 0 Å². The molecule has 5 nitrogen and oxygen atoms in total. The third-order valence-corrected chi connectivity index (χ3v) is 1.86. The summed E-state index contributed by atoms with van der Waals surface area (Å²) in [5, 5.41) is 0. The van der Waals surface area contributed by atoms with E-state index in [9.17, 15) is 4.79 Å². The molecule has 5 heteroatoms. The lowest BCUT2D eigenvalue weighted by molar-refractivity contribution is 0.321. The molecule has 0 atom stereocenters. The SMILES string of the molecule is COc1cc(OC)cc(OCCN=C=O)c1. The van der Waals surface area contributed by atoms with Crippen molar-refractivity contribution in [2.75, 3.05) is 27.4 Å². The molecule has 1 rings (SSSR count). The maximum atomic E-state index is 9.83. The Kier molecular flexibility index (Phi) is 4.89. The molecule has 0 saturated carbocycles. The van der Waals surface area contributed by atoms with Crippen LogP contribution in [-0.2, 0) is 4.79 Å². The van der Waals surface area contributed by atoms with Crippen LogP contribution in [0.25, 0.3) is 0 Å². The van der Waals surface area contributed by atoms with E-state index in [0.717, 1.165) is 0 Å². The third kappa shape index (κ3) is 3.63. The standard InChI is InChI=1S/C11H13NO4/c1-14-9-5-10(15-2)7-11(6-9)16-4-3-12-8-13/h5-7H,3-4H2,1-2H3. The van der Waals surface area contributed by atoms with Crippen LogP contribution in [0.3, 0.4) is 0 Å². The van der Waals surface area contributed by atoms with Crippen molar-refractivity contribution in [3.8, 4) is 17.2 Å². The van der Waals surface area contributed by atoms with Crippen molar-refractivity contribution in [3.05, 3.63) is 18.2 Å². The highest BCUT2D eigenvalue weighted by Crippen LogP contribution is 2.27. The average molecular weight is 223 g/mol. The van der Waals surface area contributed by atoms with Gasteiger partial charge in [-0.05, 0) is 0 Å². The summed E-state index contributed by atoms with van der Waals surface area (Å²) < 4.78 is 15.5. The average Bonchev–Trinajstić information content (AvgIpc) is 2.34. The highest BCUT2D eigenvalue weighted by molar-refractivity contribution is 5.42. The number of nitrogens with zero attached hydrogens (tertiary/aromatic N) is 1. The van der Waals surface area contributed by atoms with Gasteiger partial charge in [-0.2, -0.15) is 0 Å². The fourth-order valence-electron chi connectivity index (χ4n) is 1.12. The van der Waals surface area contributed by atoms with Crippen molar-refractivity contribution in [2.24, 2.45) is 4.99 Å². The van der Waals surface area contributed by atoms with Gasteiger partial charge < -0.3 is 14.2 Å². The van der Waals surface area contributed by atoms with Gasteiger partial charge in [-0.1, -0.05) is 0 Å². The number of benzene rings is 1. The largest absolute Gasteiger partial charge is 0.496 e. The monoisotopic (exact) mass is 223 g/mol. The van der Waals surface area contributed by atoms with Crippen LogP contribution in [0.2, 0.25) is 0 Å². The van der Waals surface area contributed by atoms with Crippen LogP contribution in [-0.4, -0.2) is 33.5 Å². The molecule has 1 aromatic carbocycles. The molecular weight excluding hydrogens is 210 g/mol. The smallest absolute Gasteiger partial charge is 0.235 e. The van der Waals surface area contributed by atoms with Gasteiger partial charge in [0.1, 0.15) is 23.9 Å². The summed E-state index contributed by atoms with van der Waals surface area (Å²) in [6.45, 7) is 0.592. The first-order valence-electron chi connectivity index (χ1n) is 4.69. The molecule has 0 aliphatic rings. The molecule has 0 aromatic heterocycles. The summed E-state index contributed by atoms with van der Waals surface area (Å²) in [6.07, 6.45) is 1.44. The molecule has 0 fully saturated rings. The Bertz CT molecular complexity index is 363. The molecule has 0 radical (unpaired) electrons. The molecule has 0 bridgehead atoms. The zero-order valence-electron chi connectivity index (χ0n) is 9.23. The van der Waals surface area contributed by atoms with Crippen LogP contribution >= 0.6 is 0 Å². The number of methoxy groups -OCH3 is 2. The molecule has 0 saturated heterocycles. The van der Waals surface area contributed by atoms with Gasteiger partial charge in [0.25, 0.3) is 0 Å². The Morgan fingerprint density at radius 1 is 1.12 bits per heavy atom. The van der Waals surface area contributed by atoms with Gasteiger partial charge in [0.15, 0.2) is 0 Å². The molecule has 86 valence electrons. The van der Waals surface area contributed by atoms with Crippen LogP contribution in [0.5, 0.6) is 17.2 Å². The predicted molar refractivity (Wildman–Crippen MR) is 58.0 cm³/mol. The molecule has 0 amide bonds. The number of ether oxygens (including phenoxy) is 3. The first kappa shape index (κ1) is 12.1. The Balaban J connectivity index is 2.67. The predicted octanol–water partition coefficient (Wildman–Crippen LogP) is 1.42. The quantitative estimate of drug-likeness (QED) is 0.415. The first-order chi connectivity index (χ1) is 7.80. The summed E-state index contributed by atoms with van der Waals surface area (Å²) in [5.74, 6) is 1.90. The zero-order chi connectivity index (χ0) is 11.8. The van der Waals surface area contributed by atoms with E-state index in [1.165, 1.54) is 6.08 Å². The van der Waals surface area contributed by atoms with E-state index in [0.29, 0.717) is 23.9 Å². The third-order valence-electron chi connectivity index (χ3n) is 1.86. The Hall–Kier alpha value is -2.00. The summed E-state index contributed by atoms with van der Waals surface area (Å²) in [7, 11) is 3.13. The molecule has 0 N–H and O–H groups in total. The molecule has 0 unspecified atom stereocenters. The molecule has 1 aromatic rings. The number of hydrogen-bond donors (Lipinski definition) is 0. The minimum absolute atomic E-state index is 0.281. The first-order valence-corrected chi connectivity index (χ1v) is 4.69.